The predicted octanol–water partition coefficient (Wildman–Crippen LogP) is 4.70. The van der Waals surface area contributed by atoms with E-state index in [4.69, 9.17) is 12.2 Å². The molecule has 8 nitrogen and oxygen atoms in total. The van der Waals surface area contributed by atoms with Gasteiger partial charge in [-0.1, -0.05) is 12.1 Å². The first-order chi connectivity index (χ1) is 16.0. The van der Waals surface area contributed by atoms with Gasteiger partial charge in [-0.3, -0.25) is 20.2 Å². The molecular weight excluding hydrogens is 438 g/mol. The van der Waals surface area contributed by atoms with E-state index in [1.165, 1.54) is 12.5 Å². The number of nitro groups is 1. The average molecular weight is 468 g/mol. The van der Waals surface area contributed by atoms with Crippen molar-refractivity contribution in [1.29, 1.82) is 0 Å². The molecule has 0 saturated carbocycles. The minimum atomic E-state index is -0.476. The van der Waals surface area contributed by atoms with Gasteiger partial charge in [0, 0.05) is 37.8 Å². The lowest BCUT2D eigenvalue weighted by atomic mass is 10.1. The van der Waals surface area contributed by atoms with Crippen LogP contribution in [0.1, 0.15) is 48.9 Å². The number of piperidine rings is 2. The molecular formula is C24H29N5O3S. The first-order valence-electron chi connectivity index (χ1n) is 11.5. The Bertz CT molecular complexity index is 1030. The molecule has 2 aromatic carbocycles. The van der Waals surface area contributed by atoms with Crippen molar-refractivity contribution in [3.63, 3.8) is 0 Å². The molecule has 0 radical (unpaired) electrons. The quantitative estimate of drug-likeness (QED) is 0.374. The molecule has 2 N–H and O–H groups in total. The van der Waals surface area contributed by atoms with Gasteiger partial charge in [0.15, 0.2) is 5.11 Å². The van der Waals surface area contributed by atoms with Crippen molar-refractivity contribution in [2.24, 2.45) is 0 Å². The Balaban J connectivity index is 1.46. The fourth-order valence-corrected chi connectivity index (χ4v) is 4.73. The zero-order valence-electron chi connectivity index (χ0n) is 18.6. The molecule has 2 aliphatic rings. The zero-order valence-corrected chi connectivity index (χ0v) is 19.4. The van der Waals surface area contributed by atoms with Crippen LogP contribution in [0.25, 0.3) is 0 Å². The third kappa shape index (κ3) is 5.60. The van der Waals surface area contributed by atoms with Crippen LogP contribution in [0, 0.1) is 10.1 Å². The number of amides is 1. The van der Waals surface area contributed by atoms with E-state index < -0.39 is 10.8 Å². The van der Waals surface area contributed by atoms with E-state index in [1.54, 1.807) is 12.1 Å². The summed E-state index contributed by atoms with van der Waals surface area (Å²) in [5.41, 5.74) is 2.59. The van der Waals surface area contributed by atoms with Crippen molar-refractivity contribution in [1.82, 2.24) is 5.32 Å². The van der Waals surface area contributed by atoms with Crippen molar-refractivity contribution < 1.29 is 9.72 Å². The van der Waals surface area contributed by atoms with Crippen LogP contribution in [0.4, 0.5) is 22.7 Å². The van der Waals surface area contributed by atoms with Crippen molar-refractivity contribution in [2.75, 3.05) is 41.3 Å². The molecule has 2 aromatic rings. The van der Waals surface area contributed by atoms with Crippen LogP contribution in [0.3, 0.4) is 0 Å². The van der Waals surface area contributed by atoms with Crippen LogP contribution in [-0.4, -0.2) is 42.1 Å². The van der Waals surface area contributed by atoms with Gasteiger partial charge in [0.2, 0.25) is 0 Å². The van der Waals surface area contributed by atoms with Gasteiger partial charge in [-0.05, 0) is 75.0 Å². The Morgan fingerprint density at radius 2 is 1.48 bits per heavy atom. The van der Waals surface area contributed by atoms with Crippen LogP contribution in [0.5, 0.6) is 0 Å². The number of rotatable bonds is 5. The largest absolute Gasteiger partial charge is 0.370 e. The summed E-state index contributed by atoms with van der Waals surface area (Å²) in [6, 6.07) is 12.5. The van der Waals surface area contributed by atoms with E-state index in [1.807, 2.05) is 29.2 Å². The molecule has 2 fully saturated rings. The monoisotopic (exact) mass is 467 g/mol. The summed E-state index contributed by atoms with van der Waals surface area (Å²) in [6.45, 7) is 3.56. The summed E-state index contributed by atoms with van der Waals surface area (Å²) in [7, 11) is 0. The lowest BCUT2D eigenvalue weighted by Crippen LogP contribution is -2.35. The van der Waals surface area contributed by atoms with Gasteiger partial charge in [-0.2, -0.15) is 0 Å². The third-order valence-corrected chi connectivity index (χ3v) is 6.41. The molecule has 2 heterocycles. The highest BCUT2D eigenvalue weighted by atomic mass is 32.1. The number of carbonyl (C=O) groups is 1. The highest BCUT2D eigenvalue weighted by Crippen LogP contribution is 2.31. The summed E-state index contributed by atoms with van der Waals surface area (Å²) >= 11 is 5.38. The minimum Gasteiger partial charge on any atom is -0.370 e. The van der Waals surface area contributed by atoms with E-state index in [0.717, 1.165) is 69.7 Å². The van der Waals surface area contributed by atoms with E-state index in [-0.39, 0.29) is 16.4 Å². The standard InChI is InChI=1S/C24H29N5O3S/c30-23(18-11-12-21(22(17-18)29(31)32)28-15-7-2-8-16-28)26-24(33)25-19-9-3-4-10-20(19)27-13-5-1-6-14-27/h3-4,9-12,17H,1-2,5-8,13-16H2,(H2,25,26,30,33). The van der Waals surface area contributed by atoms with Gasteiger partial charge in [0.25, 0.3) is 11.6 Å². The first kappa shape index (κ1) is 23.0. The number of nitrogens with zero attached hydrogens (tertiary/aromatic N) is 3. The van der Waals surface area contributed by atoms with Gasteiger partial charge in [0.1, 0.15) is 5.69 Å². The Kier molecular flexibility index (Phi) is 7.39. The molecule has 1 amide bonds. The Morgan fingerprint density at radius 1 is 0.879 bits per heavy atom. The fraction of sp³-hybridized carbons (Fsp3) is 0.417. The Morgan fingerprint density at radius 3 is 2.12 bits per heavy atom. The van der Waals surface area contributed by atoms with Crippen molar-refractivity contribution in [2.45, 2.75) is 38.5 Å². The second-order valence-corrected chi connectivity index (χ2v) is 8.89. The summed E-state index contributed by atoms with van der Waals surface area (Å²) in [5.74, 6) is -0.476. The molecule has 0 aromatic heterocycles. The maximum absolute atomic E-state index is 12.8. The lowest BCUT2D eigenvalue weighted by molar-refractivity contribution is -0.384. The molecule has 2 aliphatic heterocycles. The average Bonchev–Trinajstić information content (AvgIpc) is 2.85. The van der Waals surface area contributed by atoms with Crippen LogP contribution in [-0.2, 0) is 0 Å². The second-order valence-electron chi connectivity index (χ2n) is 8.48. The smallest absolute Gasteiger partial charge is 0.293 e. The SMILES string of the molecule is O=C(NC(=S)Nc1ccccc1N1CCCCC1)c1ccc(N2CCCCC2)c([N+](=O)[O-])c1. The summed E-state index contributed by atoms with van der Waals surface area (Å²) in [6.07, 6.45) is 6.71. The molecule has 9 heteroatoms. The number of thiocarbonyl (C=S) groups is 1. The summed E-state index contributed by atoms with van der Waals surface area (Å²) in [4.78, 5) is 28.4. The number of hydrogen-bond acceptors (Lipinski definition) is 6. The van der Waals surface area contributed by atoms with Crippen LogP contribution < -0.4 is 20.4 Å². The van der Waals surface area contributed by atoms with Crippen molar-refractivity contribution in [3.8, 4) is 0 Å². The van der Waals surface area contributed by atoms with E-state index in [2.05, 4.69) is 15.5 Å². The van der Waals surface area contributed by atoms with E-state index >= 15 is 0 Å². The van der Waals surface area contributed by atoms with Gasteiger partial charge in [-0.15, -0.1) is 0 Å². The number of para-hydroxylation sites is 2. The minimum absolute atomic E-state index is 0.0566. The highest BCUT2D eigenvalue weighted by molar-refractivity contribution is 7.80. The van der Waals surface area contributed by atoms with Gasteiger partial charge >= 0.3 is 0 Å². The number of nitro benzene ring substituents is 1. The van der Waals surface area contributed by atoms with Crippen molar-refractivity contribution in [3.05, 3.63) is 58.1 Å². The second kappa shape index (κ2) is 10.6. The van der Waals surface area contributed by atoms with Crippen LogP contribution in [0.2, 0.25) is 0 Å². The molecule has 33 heavy (non-hydrogen) atoms. The van der Waals surface area contributed by atoms with E-state index in [9.17, 15) is 14.9 Å². The number of carbonyl (C=O) groups excluding carboxylic acids is 1. The van der Waals surface area contributed by atoms with Gasteiger partial charge in [-0.25, -0.2) is 0 Å². The lowest BCUT2D eigenvalue weighted by Gasteiger charge is -2.30. The fourth-order valence-electron chi connectivity index (χ4n) is 4.53. The zero-order chi connectivity index (χ0) is 23.2. The summed E-state index contributed by atoms with van der Waals surface area (Å²) < 4.78 is 0. The number of nitrogens with one attached hydrogen (secondary N) is 2. The molecule has 0 unspecified atom stereocenters. The maximum atomic E-state index is 12.8. The topological polar surface area (TPSA) is 90.8 Å². The molecule has 2 saturated heterocycles. The third-order valence-electron chi connectivity index (χ3n) is 6.21. The predicted molar refractivity (Wildman–Crippen MR) is 135 cm³/mol. The van der Waals surface area contributed by atoms with E-state index in [0.29, 0.717) is 5.69 Å². The molecule has 0 spiro atoms. The molecule has 4 rings (SSSR count). The number of benzene rings is 2. The number of anilines is 3. The highest BCUT2D eigenvalue weighted by Gasteiger charge is 2.23. The Labute approximate surface area is 199 Å². The summed E-state index contributed by atoms with van der Waals surface area (Å²) in [5, 5.41) is 17.6. The van der Waals surface area contributed by atoms with Crippen LogP contribution in [0.15, 0.2) is 42.5 Å². The molecule has 174 valence electrons. The van der Waals surface area contributed by atoms with Crippen molar-refractivity contribution >= 4 is 46.0 Å². The molecule has 0 aliphatic carbocycles. The number of hydrogen-bond donors (Lipinski definition) is 2. The van der Waals surface area contributed by atoms with Crippen LogP contribution >= 0.6 is 12.2 Å². The Hall–Kier alpha value is -3.20. The normalized spacial score (nSPS) is 16.2. The molecule has 0 bridgehead atoms. The molecule has 0 atom stereocenters. The first-order valence-corrected chi connectivity index (χ1v) is 11.9. The van der Waals surface area contributed by atoms with Gasteiger partial charge in [0.05, 0.1) is 16.3 Å². The maximum Gasteiger partial charge on any atom is 0.293 e. The van der Waals surface area contributed by atoms with Gasteiger partial charge < -0.3 is 15.1 Å².